The van der Waals surface area contributed by atoms with Gasteiger partial charge in [0.2, 0.25) is 0 Å². The molecule has 0 amide bonds. The van der Waals surface area contributed by atoms with Crippen molar-refractivity contribution in [1.29, 1.82) is 0 Å². The van der Waals surface area contributed by atoms with Gasteiger partial charge in [-0.25, -0.2) is 0 Å². The second-order valence-electron chi connectivity index (χ2n) is 2.72. The van der Waals surface area contributed by atoms with E-state index in [2.05, 4.69) is 0 Å². The van der Waals surface area contributed by atoms with Crippen LogP contribution in [-0.4, -0.2) is 19.2 Å². The summed E-state index contributed by atoms with van der Waals surface area (Å²) in [5, 5.41) is 0.145. The number of hydrogen-bond donors (Lipinski definition) is 0. The molecule has 74 valence electrons. The molecule has 0 bridgehead atoms. The first-order valence-electron chi connectivity index (χ1n) is 3.94. The molecule has 1 aromatic carbocycles. The Kier molecular flexibility index (Phi) is 3.25. The van der Waals surface area contributed by atoms with Gasteiger partial charge < -0.3 is 4.74 Å². The molecule has 3 nitrogen and oxygen atoms in total. The van der Waals surface area contributed by atoms with Crippen LogP contribution in [0.15, 0.2) is 12.1 Å². The van der Waals surface area contributed by atoms with Gasteiger partial charge in [-0.15, -0.1) is 0 Å². The Bertz CT molecular complexity index is 385. The van der Waals surface area contributed by atoms with Crippen LogP contribution in [-0.2, 0) is 0 Å². The zero-order valence-corrected chi connectivity index (χ0v) is 8.59. The summed E-state index contributed by atoms with van der Waals surface area (Å²) in [6.07, 6.45) is 0.577. The Morgan fingerprint density at radius 1 is 1.50 bits per heavy atom. The molecule has 4 heteroatoms. The van der Waals surface area contributed by atoms with E-state index in [1.807, 2.05) is 0 Å². The Balaban J connectivity index is 3.42. The molecular formula is C10H9ClO3. The Hall–Kier alpha value is -1.35. The maximum absolute atomic E-state index is 11.1. The fourth-order valence-electron chi connectivity index (χ4n) is 1.13. The monoisotopic (exact) mass is 212 g/mol. The SMILES string of the molecule is COc1ccc(C(C)=O)c(Cl)c1C=O. The number of carbonyl (C=O) groups excluding carboxylic acids is 2. The fourth-order valence-corrected chi connectivity index (χ4v) is 1.47. The number of benzene rings is 1. The van der Waals surface area contributed by atoms with Gasteiger partial charge in [0.25, 0.3) is 0 Å². The zero-order valence-electron chi connectivity index (χ0n) is 7.83. The van der Waals surface area contributed by atoms with Crippen LogP contribution in [0, 0.1) is 0 Å². The Morgan fingerprint density at radius 2 is 2.14 bits per heavy atom. The van der Waals surface area contributed by atoms with Crippen molar-refractivity contribution in [2.45, 2.75) is 6.92 Å². The van der Waals surface area contributed by atoms with Crippen molar-refractivity contribution < 1.29 is 14.3 Å². The van der Waals surface area contributed by atoms with Crippen molar-refractivity contribution in [2.24, 2.45) is 0 Å². The van der Waals surface area contributed by atoms with Crippen molar-refractivity contribution in [3.8, 4) is 5.75 Å². The Labute approximate surface area is 86.6 Å². The highest BCUT2D eigenvalue weighted by Crippen LogP contribution is 2.28. The number of carbonyl (C=O) groups is 2. The van der Waals surface area contributed by atoms with Crippen LogP contribution in [0.5, 0.6) is 5.75 Å². The van der Waals surface area contributed by atoms with Crippen molar-refractivity contribution in [3.63, 3.8) is 0 Å². The van der Waals surface area contributed by atoms with Gasteiger partial charge in [-0.05, 0) is 19.1 Å². The van der Waals surface area contributed by atoms with Crippen LogP contribution in [0.25, 0.3) is 0 Å². The quantitative estimate of drug-likeness (QED) is 0.571. The van der Waals surface area contributed by atoms with Crippen LogP contribution in [0.2, 0.25) is 5.02 Å². The minimum Gasteiger partial charge on any atom is -0.496 e. The number of ether oxygens (including phenoxy) is 1. The summed E-state index contributed by atoms with van der Waals surface area (Å²) in [5.74, 6) is 0.191. The van der Waals surface area contributed by atoms with E-state index >= 15 is 0 Å². The molecule has 0 aliphatic carbocycles. The maximum atomic E-state index is 11.1. The van der Waals surface area contributed by atoms with Crippen molar-refractivity contribution in [3.05, 3.63) is 28.3 Å². The minimum atomic E-state index is -0.180. The number of hydrogen-bond acceptors (Lipinski definition) is 3. The second kappa shape index (κ2) is 4.24. The number of aldehydes is 1. The molecule has 14 heavy (non-hydrogen) atoms. The molecular weight excluding hydrogens is 204 g/mol. The van der Waals surface area contributed by atoms with Gasteiger partial charge in [-0.1, -0.05) is 11.6 Å². The van der Waals surface area contributed by atoms with E-state index in [1.165, 1.54) is 20.1 Å². The molecule has 0 radical (unpaired) electrons. The molecule has 0 fully saturated rings. The third kappa shape index (κ3) is 1.77. The molecule has 0 aliphatic rings. The fraction of sp³-hybridized carbons (Fsp3) is 0.200. The number of ketones is 1. The molecule has 0 unspecified atom stereocenters. The first kappa shape index (κ1) is 10.7. The lowest BCUT2D eigenvalue weighted by Crippen LogP contribution is -1.99. The van der Waals surface area contributed by atoms with Crippen LogP contribution < -0.4 is 4.74 Å². The molecule has 0 N–H and O–H groups in total. The smallest absolute Gasteiger partial charge is 0.161 e. The van der Waals surface area contributed by atoms with Gasteiger partial charge in [0.1, 0.15) is 5.75 Å². The third-order valence-corrected chi connectivity index (χ3v) is 2.26. The predicted molar refractivity (Wildman–Crippen MR) is 53.4 cm³/mol. The summed E-state index contributed by atoms with van der Waals surface area (Å²) in [7, 11) is 1.44. The average molecular weight is 213 g/mol. The molecule has 0 saturated carbocycles. The van der Waals surface area contributed by atoms with Crippen molar-refractivity contribution >= 4 is 23.7 Å². The summed E-state index contributed by atoms with van der Waals surface area (Å²) in [5.41, 5.74) is 0.538. The van der Waals surface area contributed by atoms with E-state index in [9.17, 15) is 9.59 Å². The van der Waals surface area contributed by atoms with Crippen LogP contribution in [0.3, 0.4) is 0 Å². The van der Waals surface area contributed by atoms with E-state index in [4.69, 9.17) is 16.3 Å². The average Bonchev–Trinajstić information content (AvgIpc) is 2.16. The summed E-state index contributed by atoms with van der Waals surface area (Å²) >= 11 is 5.86. The van der Waals surface area contributed by atoms with E-state index < -0.39 is 0 Å². The lowest BCUT2D eigenvalue weighted by atomic mass is 10.1. The molecule has 0 aliphatic heterocycles. The molecule has 1 rings (SSSR count). The highest BCUT2D eigenvalue weighted by atomic mass is 35.5. The van der Waals surface area contributed by atoms with E-state index in [1.54, 1.807) is 6.07 Å². The number of halogens is 1. The van der Waals surface area contributed by atoms with Gasteiger partial charge in [0.05, 0.1) is 17.7 Å². The van der Waals surface area contributed by atoms with E-state index in [0.717, 1.165) is 0 Å². The first-order chi connectivity index (χ1) is 6.61. The summed E-state index contributed by atoms with van der Waals surface area (Å²) in [4.78, 5) is 21.8. The molecule has 0 atom stereocenters. The highest BCUT2D eigenvalue weighted by molar-refractivity contribution is 6.36. The van der Waals surface area contributed by atoms with Gasteiger partial charge in [0, 0.05) is 5.56 Å². The number of methoxy groups -OCH3 is 1. The number of Topliss-reactive ketones (excluding diaryl/α,β-unsaturated/α-hetero) is 1. The van der Waals surface area contributed by atoms with Gasteiger partial charge in [-0.2, -0.15) is 0 Å². The molecule has 1 aromatic rings. The van der Waals surface area contributed by atoms with Crippen LogP contribution in [0.1, 0.15) is 27.6 Å². The number of rotatable bonds is 3. The molecule has 0 aromatic heterocycles. The van der Waals surface area contributed by atoms with E-state index in [0.29, 0.717) is 17.6 Å². The molecule has 0 saturated heterocycles. The maximum Gasteiger partial charge on any atom is 0.161 e. The molecule has 0 spiro atoms. The minimum absolute atomic E-state index is 0.145. The van der Waals surface area contributed by atoms with Crippen LogP contribution >= 0.6 is 11.6 Å². The largest absolute Gasteiger partial charge is 0.496 e. The highest BCUT2D eigenvalue weighted by Gasteiger charge is 2.13. The zero-order chi connectivity index (χ0) is 10.7. The lowest BCUT2D eigenvalue weighted by Gasteiger charge is -2.07. The van der Waals surface area contributed by atoms with Gasteiger partial charge >= 0.3 is 0 Å². The predicted octanol–water partition coefficient (Wildman–Crippen LogP) is 2.36. The topological polar surface area (TPSA) is 43.4 Å². The first-order valence-corrected chi connectivity index (χ1v) is 4.32. The van der Waals surface area contributed by atoms with Crippen molar-refractivity contribution in [1.82, 2.24) is 0 Å². The lowest BCUT2D eigenvalue weighted by molar-refractivity contribution is 0.101. The standard InChI is InChI=1S/C10H9ClO3/c1-6(13)7-3-4-9(14-2)8(5-12)10(7)11/h3-5H,1-2H3. The summed E-state index contributed by atoms with van der Waals surface area (Å²) < 4.78 is 4.92. The van der Waals surface area contributed by atoms with Gasteiger partial charge in [0.15, 0.2) is 12.1 Å². The summed E-state index contributed by atoms with van der Waals surface area (Å²) in [6, 6.07) is 3.09. The van der Waals surface area contributed by atoms with Crippen LogP contribution in [0.4, 0.5) is 0 Å². The summed E-state index contributed by atoms with van der Waals surface area (Å²) in [6.45, 7) is 1.39. The third-order valence-electron chi connectivity index (χ3n) is 1.86. The van der Waals surface area contributed by atoms with E-state index in [-0.39, 0.29) is 16.4 Å². The van der Waals surface area contributed by atoms with Crippen molar-refractivity contribution in [2.75, 3.05) is 7.11 Å². The Morgan fingerprint density at radius 3 is 2.57 bits per heavy atom. The molecule has 0 heterocycles. The van der Waals surface area contributed by atoms with Gasteiger partial charge in [-0.3, -0.25) is 9.59 Å². The normalized spacial score (nSPS) is 9.64. The second-order valence-corrected chi connectivity index (χ2v) is 3.10.